The molecule has 0 aliphatic rings. The van der Waals surface area contributed by atoms with Crippen LogP contribution in [0.5, 0.6) is 0 Å². The maximum atomic E-state index is 6.84. The summed E-state index contributed by atoms with van der Waals surface area (Å²) in [5.41, 5.74) is 18.9. The fourth-order valence-electron chi connectivity index (χ4n) is 5.10. The number of hydrogen-bond donors (Lipinski definition) is 2. The summed E-state index contributed by atoms with van der Waals surface area (Å²) >= 11 is 12.7. The predicted molar refractivity (Wildman–Crippen MR) is 162 cm³/mol. The first-order valence-electron chi connectivity index (χ1n) is 12.9. The first-order valence-corrected chi connectivity index (χ1v) is 13.7. The molecule has 2 atom stereocenters. The quantitative estimate of drug-likeness (QED) is 0.196. The van der Waals surface area contributed by atoms with Gasteiger partial charge in [0.2, 0.25) is 0 Å². The summed E-state index contributed by atoms with van der Waals surface area (Å²) in [6.45, 7) is 0. The Bertz CT molecular complexity index is 1490. The molecule has 1 radical (unpaired) electrons. The molecule has 0 aliphatic carbocycles. The van der Waals surface area contributed by atoms with Crippen LogP contribution in [0.25, 0.3) is 21.9 Å². The molecule has 0 aromatic heterocycles. The third-order valence-corrected chi connectivity index (χ3v) is 8.04. The van der Waals surface area contributed by atoms with Crippen molar-refractivity contribution in [2.24, 2.45) is 11.5 Å². The summed E-state index contributed by atoms with van der Waals surface area (Å²) in [5.74, 6) is 1.32. The third-order valence-electron chi connectivity index (χ3n) is 7.22. The van der Waals surface area contributed by atoms with E-state index in [1.165, 1.54) is 22.3 Å². The van der Waals surface area contributed by atoms with Crippen molar-refractivity contribution in [2.75, 3.05) is 0 Å². The Hall–Kier alpha value is -3.14. The van der Waals surface area contributed by atoms with Gasteiger partial charge in [-0.3, -0.25) is 0 Å². The largest absolute Gasteiger partial charge is 0.324 e. The lowest BCUT2D eigenvalue weighted by Crippen LogP contribution is -2.18. The van der Waals surface area contributed by atoms with Crippen LogP contribution >= 0.6 is 23.2 Å². The monoisotopic (exact) mass is 537 g/mol. The van der Waals surface area contributed by atoms with Crippen LogP contribution < -0.4 is 11.5 Å². The zero-order valence-electron chi connectivity index (χ0n) is 21.2. The highest BCUT2D eigenvalue weighted by molar-refractivity contribution is 6.43. The minimum Gasteiger partial charge on any atom is -0.324 e. The smallest absolute Gasteiger partial charge is 0.0670 e. The van der Waals surface area contributed by atoms with E-state index in [1.54, 1.807) is 6.07 Å². The van der Waals surface area contributed by atoms with E-state index < -0.39 is 0 Å². The van der Waals surface area contributed by atoms with E-state index in [-0.39, 0.29) is 12.1 Å². The number of hydrogen-bond acceptors (Lipinski definition) is 2. The fourth-order valence-corrected chi connectivity index (χ4v) is 5.51. The Morgan fingerprint density at radius 1 is 0.632 bits per heavy atom. The molecule has 0 amide bonds. The number of fused-ring (bicyclic) bond motifs is 1. The van der Waals surface area contributed by atoms with Gasteiger partial charge in [0.05, 0.1) is 10.0 Å². The molecule has 4 heteroatoms. The van der Waals surface area contributed by atoms with Gasteiger partial charge in [-0.15, -0.1) is 0 Å². The topological polar surface area (TPSA) is 52.0 Å². The number of nitrogens with two attached hydrogens (primary N) is 2. The van der Waals surface area contributed by atoms with E-state index >= 15 is 0 Å². The number of rotatable bonds is 9. The normalized spacial score (nSPS) is 13.1. The molecule has 0 spiro atoms. The fraction of sp³-hybridized carbons (Fsp3) is 0.147. The maximum Gasteiger partial charge on any atom is 0.0670 e. The first kappa shape index (κ1) is 26.5. The van der Waals surface area contributed by atoms with Crippen molar-refractivity contribution in [1.82, 2.24) is 0 Å². The van der Waals surface area contributed by atoms with Crippen LogP contribution in [-0.4, -0.2) is 0 Å². The van der Waals surface area contributed by atoms with Gasteiger partial charge in [0.1, 0.15) is 0 Å². The molecule has 191 valence electrons. The van der Waals surface area contributed by atoms with E-state index in [0.717, 1.165) is 41.5 Å². The molecule has 4 N–H and O–H groups in total. The third kappa shape index (κ3) is 5.95. The first-order chi connectivity index (χ1) is 18.5. The Kier molecular flexibility index (Phi) is 8.46. The average molecular weight is 539 g/mol. The van der Waals surface area contributed by atoms with Crippen LogP contribution in [0.2, 0.25) is 10.0 Å². The lowest BCUT2D eigenvalue weighted by Gasteiger charge is -2.24. The molecule has 0 aliphatic heterocycles. The van der Waals surface area contributed by atoms with Gasteiger partial charge in [-0.2, -0.15) is 0 Å². The van der Waals surface area contributed by atoms with E-state index in [4.69, 9.17) is 34.7 Å². The highest BCUT2D eigenvalue weighted by atomic mass is 35.5. The molecule has 0 bridgehead atoms. The van der Waals surface area contributed by atoms with Gasteiger partial charge >= 0.3 is 0 Å². The zero-order chi connectivity index (χ0) is 26.5. The summed E-state index contributed by atoms with van der Waals surface area (Å²) in [5, 5.41) is 3.59. The minimum atomic E-state index is -0.152. The van der Waals surface area contributed by atoms with Gasteiger partial charge < -0.3 is 11.5 Å². The summed E-state index contributed by atoms with van der Waals surface area (Å²) in [4.78, 5) is 0. The van der Waals surface area contributed by atoms with Gasteiger partial charge in [-0.25, -0.2) is 0 Å². The van der Waals surface area contributed by atoms with Gasteiger partial charge in [-0.1, -0.05) is 132 Å². The van der Waals surface area contributed by atoms with Crippen LogP contribution in [0, 0.1) is 5.92 Å². The molecule has 5 rings (SSSR count). The van der Waals surface area contributed by atoms with E-state index in [1.807, 2.05) is 30.3 Å². The summed E-state index contributed by atoms with van der Waals surface area (Å²) in [6, 6.07) is 39.1. The van der Waals surface area contributed by atoms with E-state index in [9.17, 15) is 0 Å². The molecule has 0 fully saturated rings. The van der Waals surface area contributed by atoms with Crippen molar-refractivity contribution < 1.29 is 0 Å². The van der Waals surface area contributed by atoms with Crippen LogP contribution in [0.3, 0.4) is 0 Å². The van der Waals surface area contributed by atoms with Crippen molar-refractivity contribution in [3.05, 3.63) is 148 Å². The summed E-state index contributed by atoms with van der Waals surface area (Å²) in [7, 11) is 0. The number of benzene rings is 5. The molecule has 0 heterocycles. The highest BCUT2D eigenvalue weighted by Gasteiger charge is 2.21. The van der Waals surface area contributed by atoms with Gasteiger partial charge in [0.25, 0.3) is 0 Å². The van der Waals surface area contributed by atoms with E-state index in [0.29, 0.717) is 10.0 Å². The molecule has 0 saturated carbocycles. The van der Waals surface area contributed by atoms with Gasteiger partial charge in [0, 0.05) is 23.6 Å². The van der Waals surface area contributed by atoms with Crippen molar-refractivity contribution in [3.8, 4) is 11.1 Å². The van der Waals surface area contributed by atoms with Crippen LogP contribution in [0.1, 0.15) is 48.0 Å². The molecular formula is C34H31Cl2N2. The van der Waals surface area contributed by atoms with Gasteiger partial charge in [-0.05, 0) is 58.4 Å². The molecule has 2 nitrogen and oxygen atoms in total. The lowest BCUT2D eigenvalue weighted by atomic mass is 9.82. The molecule has 2 unspecified atom stereocenters. The van der Waals surface area contributed by atoms with Crippen LogP contribution in [0.4, 0.5) is 0 Å². The Labute approximate surface area is 235 Å². The van der Waals surface area contributed by atoms with Crippen LogP contribution in [-0.2, 0) is 0 Å². The predicted octanol–water partition coefficient (Wildman–Crippen LogP) is 9.31. The van der Waals surface area contributed by atoms with Crippen molar-refractivity contribution in [3.63, 3.8) is 0 Å². The summed E-state index contributed by atoms with van der Waals surface area (Å²) in [6.07, 6.45) is 2.46. The SMILES string of the molecule is NC(CC[C](CC(N)c1ccc(-c2cccc(Cl)c2Cl)cc1)c1cccc2ccccc12)c1ccccc1. The maximum absolute atomic E-state index is 6.84. The molecule has 5 aromatic rings. The molecular weight excluding hydrogens is 507 g/mol. The van der Waals surface area contributed by atoms with Crippen LogP contribution in [0.15, 0.2) is 115 Å². The second-order valence-corrected chi connectivity index (χ2v) is 10.5. The van der Waals surface area contributed by atoms with Crippen molar-refractivity contribution >= 4 is 34.0 Å². The Balaban J connectivity index is 1.40. The zero-order valence-corrected chi connectivity index (χ0v) is 22.7. The minimum absolute atomic E-state index is 0.0286. The average Bonchev–Trinajstić information content (AvgIpc) is 2.96. The molecule has 38 heavy (non-hydrogen) atoms. The number of halogens is 2. The highest BCUT2D eigenvalue weighted by Crippen LogP contribution is 2.37. The summed E-state index contributed by atoms with van der Waals surface area (Å²) < 4.78 is 0. The second kappa shape index (κ2) is 12.1. The van der Waals surface area contributed by atoms with E-state index in [2.05, 4.69) is 78.9 Å². The molecule has 0 saturated heterocycles. The second-order valence-electron chi connectivity index (χ2n) is 9.72. The standard InChI is InChI=1S/C34H31Cl2N2/c35-31-15-7-14-30(34(31)36)24-16-18-26(19-17-24)33(38)22-27(20-21-32(37)25-9-2-1-3-10-25)29-13-6-11-23-8-4-5-12-28(23)29/h1-19,32-33H,20-22,37-38H2. The van der Waals surface area contributed by atoms with Gasteiger partial charge in [0.15, 0.2) is 0 Å². The van der Waals surface area contributed by atoms with Crippen molar-refractivity contribution in [2.45, 2.75) is 31.3 Å². The molecule has 5 aromatic carbocycles. The van der Waals surface area contributed by atoms with Crippen molar-refractivity contribution in [1.29, 1.82) is 0 Å². The Morgan fingerprint density at radius 3 is 2.08 bits per heavy atom. The lowest BCUT2D eigenvalue weighted by molar-refractivity contribution is 0.576. The Morgan fingerprint density at radius 2 is 1.29 bits per heavy atom.